The molecule has 1 aliphatic rings. The van der Waals surface area contributed by atoms with E-state index in [0.29, 0.717) is 6.04 Å². The third-order valence-corrected chi connectivity index (χ3v) is 5.69. The molecule has 1 aliphatic heterocycles. The molecule has 0 saturated carbocycles. The number of nitrogens with zero attached hydrogens (tertiary/aromatic N) is 4. The Morgan fingerprint density at radius 3 is 2.61 bits per heavy atom. The topological polar surface area (TPSA) is 57.5 Å². The van der Waals surface area contributed by atoms with Crippen LogP contribution in [0.15, 0.2) is 47.7 Å². The minimum absolute atomic E-state index is 0.512. The Morgan fingerprint density at radius 2 is 1.93 bits per heavy atom. The molecule has 2 aromatic rings. The van der Waals surface area contributed by atoms with Crippen LogP contribution in [0.2, 0.25) is 0 Å². The van der Waals surface area contributed by atoms with Crippen LogP contribution in [0.25, 0.3) is 0 Å². The first-order valence-electron chi connectivity index (χ1n) is 10.4. The van der Waals surface area contributed by atoms with Crippen LogP contribution < -0.4 is 10.6 Å². The average Bonchev–Trinajstić information content (AvgIpc) is 3.22. The van der Waals surface area contributed by atoms with Crippen LogP contribution >= 0.6 is 0 Å². The number of aromatic nitrogens is 2. The molecule has 0 radical (unpaired) electrons. The lowest BCUT2D eigenvalue weighted by molar-refractivity contribution is 0.147. The van der Waals surface area contributed by atoms with Crippen LogP contribution in [0.4, 0.5) is 0 Å². The molecule has 1 aromatic carbocycles. The molecule has 3 rings (SSSR count). The van der Waals surface area contributed by atoms with Crippen molar-refractivity contribution in [1.82, 2.24) is 25.3 Å². The number of piperidine rings is 1. The number of rotatable bonds is 7. The molecule has 2 N–H and O–H groups in total. The normalized spacial score (nSPS) is 17.5. The number of guanidine groups is 1. The van der Waals surface area contributed by atoms with Gasteiger partial charge < -0.3 is 10.6 Å². The Morgan fingerprint density at radius 1 is 1.18 bits per heavy atom. The van der Waals surface area contributed by atoms with Crippen LogP contribution in [-0.2, 0) is 13.1 Å². The van der Waals surface area contributed by atoms with Crippen LogP contribution in [0.5, 0.6) is 0 Å². The number of benzene rings is 1. The second-order valence-corrected chi connectivity index (χ2v) is 7.85. The fourth-order valence-corrected chi connectivity index (χ4v) is 3.70. The van der Waals surface area contributed by atoms with Crippen LogP contribution in [-0.4, -0.2) is 53.4 Å². The quantitative estimate of drug-likeness (QED) is 0.571. The maximum atomic E-state index is 4.40. The predicted octanol–water partition coefficient (Wildman–Crippen LogP) is 2.72. The Hall–Kier alpha value is -2.34. The minimum atomic E-state index is 0.512. The third-order valence-electron chi connectivity index (χ3n) is 5.69. The Balaban J connectivity index is 1.49. The zero-order valence-corrected chi connectivity index (χ0v) is 17.4. The number of hydrogen-bond acceptors (Lipinski definition) is 3. The van der Waals surface area contributed by atoms with Crippen molar-refractivity contribution in [2.24, 2.45) is 10.9 Å². The highest BCUT2D eigenvalue weighted by Crippen LogP contribution is 2.17. The zero-order chi connectivity index (χ0) is 19.8. The van der Waals surface area contributed by atoms with Crippen LogP contribution in [0.3, 0.4) is 0 Å². The van der Waals surface area contributed by atoms with Crippen LogP contribution in [0, 0.1) is 5.92 Å². The van der Waals surface area contributed by atoms with E-state index in [4.69, 9.17) is 0 Å². The van der Waals surface area contributed by atoms with Gasteiger partial charge in [-0.25, -0.2) is 0 Å². The summed E-state index contributed by atoms with van der Waals surface area (Å²) < 4.78 is 1.95. The van der Waals surface area contributed by atoms with Gasteiger partial charge in [0.1, 0.15) is 0 Å². The van der Waals surface area contributed by atoms with E-state index in [9.17, 15) is 0 Å². The molecule has 1 fully saturated rings. The standard InChI is InChI=1S/C22H34N6/c1-18-9-13-27(14-10-18)19(2)15-24-22(23-3)25-16-20-7-4-5-8-21(20)17-28-12-6-11-26-28/h4-8,11-12,18-19H,9-10,13-17H2,1-3H3,(H2,23,24,25). The van der Waals surface area contributed by atoms with Gasteiger partial charge in [0.05, 0.1) is 6.54 Å². The van der Waals surface area contributed by atoms with E-state index in [2.05, 4.69) is 63.7 Å². The van der Waals surface area contributed by atoms with Crippen molar-refractivity contribution in [2.75, 3.05) is 26.7 Å². The first kappa shape index (κ1) is 20.4. The molecule has 0 bridgehead atoms. The molecule has 1 aromatic heterocycles. The smallest absolute Gasteiger partial charge is 0.191 e. The highest BCUT2D eigenvalue weighted by atomic mass is 15.3. The van der Waals surface area contributed by atoms with Crippen molar-refractivity contribution >= 4 is 5.96 Å². The van der Waals surface area contributed by atoms with E-state index in [1.807, 2.05) is 30.2 Å². The summed E-state index contributed by atoms with van der Waals surface area (Å²) in [7, 11) is 1.83. The van der Waals surface area contributed by atoms with Crippen molar-refractivity contribution in [3.05, 3.63) is 53.9 Å². The Kier molecular flexibility index (Phi) is 7.48. The number of hydrogen-bond donors (Lipinski definition) is 2. The summed E-state index contributed by atoms with van der Waals surface area (Å²) in [4.78, 5) is 6.98. The van der Waals surface area contributed by atoms with Gasteiger partial charge in [-0.2, -0.15) is 5.10 Å². The fourth-order valence-electron chi connectivity index (χ4n) is 3.70. The van der Waals surface area contributed by atoms with Gasteiger partial charge in [-0.15, -0.1) is 0 Å². The summed E-state index contributed by atoms with van der Waals surface area (Å²) in [5, 5.41) is 11.3. The van der Waals surface area contributed by atoms with E-state index in [1.165, 1.54) is 37.1 Å². The zero-order valence-electron chi connectivity index (χ0n) is 17.4. The second-order valence-electron chi connectivity index (χ2n) is 7.85. The van der Waals surface area contributed by atoms with E-state index >= 15 is 0 Å². The van der Waals surface area contributed by atoms with Gasteiger partial charge in [0.25, 0.3) is 0 Å². The summed E-state index contributed by atoms with van der Waals surface area (Å²) in [5.74, 6) is 1.72. The van der Waals surface area contributed by atoms with Crippen molar-refractivity contribution in [3.8, 4) is 0 Å². The highest BCUT2D eigenvalue weighted by molar-refractivity contribution is 5.79. The van der Waals surface area contributed by atoms with Crippen molar-refractivity contribution in [3.63, 3.8) is 0 Å². The van der Waals surface area contributed by atoms with Gasteiger partial charge in [0.2, 0.25) is 0 Å². The second kappa shape index (κ2) is 10.3. The monoisotopic (exact) mass is 382 g/mol. The molecule has 1 atom stereocenters. The molecule has 0 amide bonds. The maximum Gasteiger partial charge on any atom is 0.191 e. The molecule has 0 spiro atoms. The number of aliphatic imine (C=N–C) groups is 1. The van der Waals surface area contributed by atoms with Crippen molar-refractivity contribution in [2.45, 2.75) is 45.8 Å². The van der Waals surface area contributed by atoms with Gasteiger partial charge >= 0.3 is 0 Å². The maximum absolute atomic E-state index is 4.40. The average molecular weight is 383 g/mol. The molecule has 2 heterocycles. The van der Waals surface area contributed by atoms with Gasteiger partial charge in [-0.05, 0) is 56.0 Å². The minimum Gasteiger partial charge on any atom is -0.355 e. The first-order valence-corrected chi connectivity index (χ1v) is 10.4. The van der Waals surface area contributed by atoms with E-state index in [1.54, 1.807) is 0 Å². The largest absolute Gasteiger partial charge is 0.355 e. The van der Waals surface area contributed by atoms with Gasteiger partial charge in [-0.1, -0.05) is 31.2 Å². The summed E-state index contributed by atoms with van der Waals surface area (Å²) in [6, 6.07) is 11.0. The number of likely N-dealkylation sites (tertiary alicyclic amines) is 1. The molecule has 6 nitrogen and oxygen atoms in total. The summed E-state index contributed by atoms with van der Waals surface area (Å²) in [6.07, 6.45) is 6.43. The van der Waals surface area contributed by atoms with Gasteiger partial charge in [0, 0.05) is 38.6 Å². The van der Waals surface area contributed by atoms with Crippen LogP contribution in [0.1, 0.15) is 37.8 Å². The van der Waals surface area contributed by atoms with E-state index in [0.717, 1.165) is 31.5 Å². The van der Waals surface area contributed by atoms with Gasteiger partial charge in [-0.3, -0.25) is 14.6 Å². The molecule has 1 unspecified atom stereocenters. The highest BCUT2D eigenvalue weighted by Gasteiger charge is 2.20. The third kappa shape index (κ3) is 5.83. The SMILES string of the molecule is CN=C(NCc1ccccc1Cn1cccn1)NCC(C)N1CCC(C)CC1. The van der Waals surface area contributed by atoms with E-state index < -0.39 is 0 Å². The lowest BCUT2D eigenvalue weighted by Crippen LogP contribution is -2.48. The Bertz CT molecular complexity index is 731. The summed E-state index contributed by atoms with van der Waals surface area (Å²) in [6.45, 7) is 9.50. The lowest BCUT2D eigenvalue weighted by atomic mass is 9.98. The first-order chi connectivity index (χ1) is 13.7. The molecule has 28 heavy (non-hydrogen) atoms. The lowest BCUT2D eigenvalue weighted by Gasteiger charge is -2.35. The molecule has 0 aliphatic carbocycles. The molecule has 6 heteroatoms. The van der Waals surface area contributed by atoms with Crippen molar-refractivity contribution < 1.29 is 0 Å². The predicted molar refractivity (Wildman–Crippen MR) is 115 cm³/mol. The Labute approximate surface area is 169 Å². The fraction of sp³-hybridized carbons (Fsp3) is 0.545. The molecule has 152 valence electrons. The summed E-state index contributed by atoms with van der Waals surface area (Å²) in [5.41, 5.74) is 2.53. The van der Waals surface area contributed by atoms with E-state index in [-0.39, 0.29) is 0 Å². The van der Waals surface area contributed by atoms with Gasteiger partial charge in [0.15, 0.2) is 5.96 Å². The molecular weight excluding hydrogens is 348 g/mol. The number of nitrogens with one attached hydrogen (secondary N) is 2. The summed E-state index contributed by atoms with van der Waals surface area (Å²) >= 11 is 0. The van der Waals surface area contributed by atoms with Crippen molar-refractivity contribution in [1.29, 1.82) is 0 Å². The molecule has 1 saturated heterocycles. The molecular formula is C22H34N6.